The highest BCUT2D eigenvalue weighted by Crippen LogP contribution is 2.32. The number of nitrogens with zero attached hydrogens (tertiary/aromatic N) is 2. The van der Waals surface area contributed by atoms with Crippen molar-refractivity contribution >= 4 is 5.82 Å². The van der Waals surface area contributed by atoms with Gasteiger partial charge in [-0.2, -0.15) is 8.78 Å². The van der Waals surface area contributed by atoms with Gasteiger partial charge in [0.05, 0.1) is 0 Å². The van der Waals surface area contributed by atoms with E-state index in [1.807, 2.05) is 6.92 Å². The van der Waals surface area contributed by atoms with Gasteiger partial charge in [0.1, 0.15) is 11.4 Å². The van der Waals surface area contributed by atoms with Crippen LogP contribution in [-0.2, 0) is 0 Å². The van der Waals surface area contributed by atoms with Crippen LogP contribution in [0.15, 0.2) is 36.7 Å². The van der Waals surface area contributed by atoms with E-state index in [4.69, 9.17) is 0 Å². The summed E-state index contributed by atoms with van der Waals surface area (Å²) in [6, 6.07) is 6.51. The second kappa shape index (κ2) is 6.08. The fraction of sp³-hybridized carbons (Fsp3) is 0.231. The standard InChI is InChI=1S/C13H13F2N3O/c1-2-16-12-11(17-7-8-18-12)9-5-3-4-6-10(9)19-13(14)15/h3-8,13H,2H2,1H3,(H,16,18). The number of ether oxygens (including phenoxy) is 1. The molecule has 0 saturated carbocycles. The average Bonchev–Trinajstić information content (AvgIpc) is 2.40. The molecular formula is C13H13F2N3O. The predicted octanol–water partition coefficient (Wildman–Crippen LogP) is 3.18. The number of nitrogens with one attached hydrogen (secondary N) is 1. The molecule has 2 aromatic rings. The van der Waals surface area contributed by atoms with Gasteiger partial charge in [-0.25, -0.2) is 4.98 Å². The molecule has 2 rings (SSSR count). The minimum atomic E-state index is -2.87. The van der Waals surface area contributed by atoms with Gasteiger partial charge in [-0.3, -0.25) is 4.98 Å². The Bertz CT molecular complexity index is 549. The molecule has 100 valence electrons. The van der Waals surface area contributed by atoms with E-state index < -0.39 is 6.61 Å². The van der Waals surface area contributed by atoms with Crippen molar-refractivity contribution in [2.45, 2.75) is 13.5 Å². The summed E-state index contributed by atoms with van der Waals surface area (Å²) >= 11 is 0. The van der Waals surface area contributed by atoms with Crippen molar-refractivity contribution in [2.75, 3.05) is 11.9 Å². The highest BCUT2D eigenvalue weighted by atomic mass is 19.3. The molecule has 0 spiro atoms. The lowest BCUT2D eigenvalue weighted by Crippen LogP contribution is -2.06. The normalized spacial score (nSPS) is 10.5. The first-order valence-corrected chi connectivity index (χ1v) is 5.81. The average molecular weight is 265 g/mol. The number of halogens is 2. The van der Waals surface area contributed by atoms with Gasteiger partial charge < -0.3 is 10.1 Å². The van der Waals surface area contributed by atoms with E-state index in [1.165, 1.54) is 18.5 Å². The van der Waals surface area contributed by atoms with E-state index in [0.29, 0.717) is 23.6 Å². The zero-order chi connectivity index (χ0) is 13.7. The first kappa shape index (κ1) is 13.2. The lowest BCUT2D eigenvalue weighted by atomic mass is 10.1. The largest absolute Gasteiger partial charge is 0.434 e. The molecule has 19 heavy (non-hydrogen) atoms. The Kier molecular flexibility index (Phi) is 4.22. The smallest absolute Gasteiger partial charge is 0.387 e. The monoisotopic (exact) mass is 265 g/mol. The highest BCUT2D eigenvalue weighted by molar-refractivity contribution is 5.76. The minimum Gasteiger partial charge on any atom is -0.434 e. The molecule has 0 aliphatic carbocycles. The molecule has 0 aliphatic heterocycles. The van der Waals surface area contributed by atoms with E-state index in [9.17, 15) is 8.78 Å². The Balaban J connectivity index is 2.46. The third kappa shape index (κ3) is 3.15. The Hall–Kier alpha value is -2.24. The van der Waals surface area contributed by atoms with Crippen LogP contribution in [0.2, 0.25) is 0 Å². The second-order valence-corrected chi connectivity index (χ2v) is 3.66. The lowest BCUT2D eigenvalue weighted by molar-refractivity contribution is -0.0494. The fourth-order valence-electron chi connectivity index (χ4n) is 1.69. The SMILES string of the molecule is CCNc1nccnc1-c1ccccc1OC(F)F. The van der Waals surface area contributed by atoms with E-state index >= 15 is 0 Å². The summed E-state index contributed by atoms with van der Waals surface area (Å²) < 4.78 is 29.3. The van der Waals surface area contributed by atoms with Crippen LogP contribution < -0.4 is 10.1 Å². The van der Waals surface area contributed by atoms with Gasteiger partial charge in [0.25, 0.3) is 0 Å². The van der Waals surface area contributed by atoms with E-state index in [0.717, 1.165) is 0 Å². The van der Waals surface area contributed by atoms with Crippen LogP contribution in [-0.4, -0.2) is 23.1 Å². The van der Waals surface area contributed by atoms with Crippen molar-refractivity contribution in [3.8, 4) is 17.0 Å². The topological polar surface area (TPSA) is 47.0 Å². The highest BCUT2D eigenvalue weighted by Gasteiger charge is 2.14. The van der Waals surface area contributed by atoms with Crippen molar-refractivity contribution < 1.29 is 13.5 Å². The number of benzene rings is 1. The Morgan fingerprint density at radius 2 is 1.95 bits per heavy atom. The number of anilines is 1. The van der Waals surface area contributed by atoms with Crippen LogP contribution in [0.4, 0.5) is 14.6 Å². The van der Waals surface area contributed by atoms with Gasteiger partial charge in [0, 0.05) is 24.5 Å². The van der Waals surface area contributed by atoms with E-state index in [1.54, 1.807) is 18.2 Å². The number of hydrogen-bond donors (Lipinski definition) is 1. The Labute approximate surface area is 109 Å². The van der Waals surface area contributed by atoms with Crippen molar-refractivity contribution in [1.82, 2.24) is 9.97 Å². The summed E-state index contributed by atoms with van der Waals surface area (Å²) in [5.74, 6) is 0.618. The lowest BCUT2D eigenvalue weighted by Gasteiger charge is -2.12. The van der Waals surface area contributed by atoms with Crippen LogP contribution in [0.1, 0.15) is 6.92 Å². The van der Waals surface area contributed by atoms with Gasteiger partial charge in [-0.1, -0.05) is 12.1 Å². The van der Waals surface area contributed by atoms with Crippen LogP contribution >= 0.6 is 0 Å². The quantitative estimate of drug-likeness (QED) is 0.902. The maximum Gasteiger partial charge on any atom is 0.387 e. The zero-order valence-electron chi connectivity index (χ0n) is 10.3. The van der Waals surface area contributed by atoms with Crippen LogP contribution in [0.25, 0.3) is 11.3 Å². The van der Waals surface area contributed by atoms with Gasteiger partial charge >= 0.3 is 6.61 Å². The number of hydrogen-bond acceptors (Lipinski definition) is 4. The molecular weight excluding hydrogens is 252 g/mol. The van der Waals surface area contributed by atoms with Crippen molar-refractivity contribution in [3.63, 3.8) is 0 Å². The number of para-hydroxylation sites is 1. The maximum absolute atomic E-state index is 12.4. The summed E-state index contributed by atoms with van der Waals surface area (Å²) in [6.07, 6.45) is 3.05. The van der Waals surface area contributed by atoms with E-state index in [2.05, 4.69) is 20.0 Å². The van der Waals surface area contributed by atoms with Gasteiger partial charge in [0.15, 0.2) is 5.82 Å². The van der Waals surface area contributed by atoms with Gasteiger partial charge in [-0.05, 0) is 19.1 Å². The summed E-state index contributed by atoms with van der Waals surface area (Å²) in [7, 11) is 0. The van der Waals surface area contributed by atoms with Crippen molar-refractivity contribution in [3.05, 3.63) is 36.7 Å². The molecule has 0 amide bonds. The molecule has 6 heteroatoms. The molecule has 1 heterocycles. The molecule has 0 atom stereocenters. The molecule has 1 N–H and O–H groups in total. The number of rotatable bonds is 5. The summed E-state index contributed by atoms with van der Waals surface area (Å²) in [5.41, 5.74) is 0.965. The summed E-state index contributed by atoms with van der Waals surface area (Å²) in [5, 5.41) is 3.04. The minimum absolute atomic E-state index is 0.0807. The molecule has 1 aromatic heterocycles. The van der Waals surface area contributed by atoms with Crippen LogP contribution in [0.5, 0.6) is 5.75 Å². The second-order valence-electron chi connectivity index (χ2n) is 3.66. The molecule has 0 unspecified atom stereocenters. The molecule has 0 bridgehead atoms. The van der Waals surface area contributed by atoms with Gasteiger partial charge in [-0.15, -0.1) is 0 Å². The third-order valence-electron chi connectivity index (χ3n) is 2.40. The van der Waals surface area contributed by atoms with Crippen molar-refractivity contribution in [2.24, 2.45) is 0 Å². The van der Waals surface area contributed by atoms with E-state index in [-0.39, 0.29) is 5.75 Å². The number of alkyl halides is 2. The maximum atomic E-state index is 12.4. The van der Waals surface area contributed by atoms with Crippen LogP contribution in [0.3, 0.4) is 0 Å². The van der Waals surface area contributed by atoms with Gasteiger partial charge in [0.2, 0.25) is 0 Å². The zero-order valence-corrected chi connectivity index (χ0v) is 10.3. The summed E-state index contributed by atoms with van der Waals surface area (Å²) in [6.45, 7) is -0.302. The molecule has 0 fully saturated rings. The molecule has 1 aromatic carbocycles. The van der Waals surface area contributed by atoms with Crippen molar-refractivity contribution in [1.29, 1.82) is 0 Å². The molecule has 4 nitrogen and oxygen atoms in total. The van der Waals surface area contributed by atoms with Crippen LogP contribution in [0, 0.1) is 0 Å². The molecule has 0 aliphatic rings. The first-order valence-electron chi connectivity index (χ1n) is 5.81. The molecule has 0 saturated heterocycles. The third-order valence-corrected chi connectivity index (χ3v) is 2.40. The fourth-order valence-corrected chi connectivity index (χ4v) is 1.69. The predicted molar refractivity (Wildman–Crippen MR) is 68.3 cm³/mol. The Morgan fingerprint density at radius 3 is 2.68 bits per heavy atom. The summed E-state index contributed by atoms with van der Waals surface area (Å²) in [4.78, 5) is 8.33. The number of aromatic nitrogens is 2. The molecule has 0 radical (unpaired) electrons. The Morgan fingerprint density at radius 1 is 1.21 bits per heavy atom. The first-order chi connectivity index (χ1) is 9.22.